The van der Waals surface area contributed by atoms with Crippen LogP contribution >= 0.6 is 35.7 Å². The number of carbonyl (C=O) groups is 2. The molecule has 1 heterocycles. The molecule has 1 aliphatic rings. The number of hydrogen-bond acceptors (Lipinski definition) is 5. The molecule has 1 saturated heterocycles. The molecule has 1 amide bonds. The summed E-state index contributed by atoms with van der Waals surface area (Å²) in [5.74, 6) is -0.701. The van der Waals surface area contributed by atoms with Gasteiger partial charge in [-0.05, 0) is 42.6 Å². The first-order valence-electron chi connectivity index (χ1n) is 7.66. The van der Waals surface area contributed by atoms with E-state index in [-0.39, 0.29) is 5.91 Å². The van der Waals surface area contributed by atoms with Gasteiger partial charge in [-0.1, -0.05) is 60.4 Å². The first-order valence-corrected chi connectivity index (χ1v) is 10.3. The van der Waals surface area contributed by atoms with Crippen LogP contribution in [0.4, 0.5) is 0 Å². The van der Waals surface area contributed by atoms with Gasteiger partial charge in [-0.2, -0.15) is 11.8 Å². The Balaban J connectivity index is 2.22. The zero-order valence-electron chi connectivity index (χ0n) is 14.0. The normalized spacial score (nSPS) is 18.1. The minimum absolute atomic E-state index is 0.303. The van der Waals surface area contributed by atoms with E-state index in [1.807, 2.05) is 49.6 Å². The molecule has 1 atom stereocenters. The van der Waals surface area contributed by atoms with E-state index in [2.05, 4.69) is 0 Å². The van der Waals surface area contributed by atoms with Crippen molar-refractivity contribution in [1.82, 2.24) is 4.90 Å². The Morgan fingerprint density at radius 2 is 2.08 bits per heavy atom. The molecule has 0 radical (unpaired) electrons. The van der Waals surface area contributed by atoms with Gasteiger partial charge in [0.1, 0.15) is 10.4 Å². The molecule has 0 saturated carbocycles. The molecule has 25 heavy (non-hydrogen) atoms. The van der Waals surface area contributed by atoms with Crippen LogP contribution in [0.5, 0.6) is 0 Å². The number of rotatable bonds is 7. The summed E-state index contributed by atoms with van der Waals surface area (Å²) < 4.78 is 0.303. The van der Waals surface area contributed by atoms with Crippen LogP contribution in [0, 0.1) is 0 Å². The van der Waals surface area contributed by atoms with Gasteiger partial charge in [0.05, 0.1) is 4.91 Å². The van der Waals surface area contributed by atoms with E-state index in [0.717, 1.165) is 22.9 Å². The zero-order valence-corrected chi connectivity index (χ0v) is 16.4. The molecule has 2 rings (SSSR count). The summed E-state index contributed by atoms with van der Waals surface area (Å²) in [5, 5.41) is 9.46. The number of thioether (sulfide) groups is 2. The molecular formula is C18H19NO3S3. The average Bonchev–Trinajstić information content (AvgIpc) is 2.83. The summed E-state index contributed by atoms with van der Waals surface area (Å²) >= 11 is 7.96. The fraction of sp³-hybridized carbons (Fsp3) is 0.278. The van der Waals surface area contributed by atoms with Gasteiger partial charge < -0.3 is 5.11 Å². The molecule has 7 heteroatoms. The number of benzene rings is 1. The number of carbonyl (C=O) groups excluding carboxylic acids is 1. The maximum absolute atomic E-state index is 12.7. The summed E-state index contributed by atoms with van der Waals surface area (Å²) in [6.45, 7) is 1.90. The molecule has 4 nitrogen and oxygen atoms in total. The highest BCUT2D eigenvalue weighted by atomic mass is 32.2. The van der Waals surface area contributed by atoms with Crippen LogP contribution in [0.2, 0.25) is 0 Å². The van der Waals surface area contributed by atoms with Gasteiger partial charge in [-0.3, -0.25) is 9.69 Å². The molecular weight excluding hydrogens is 374 g/mol. The van der Waals surface area contributed by atoms with E-state index in [9.17, 15) is 14.7 Å². The lowest BCUT2D eigenvalue weighted by molar-refractivity contribution is -0.145. The van der Waals surface area contributed by atoms with Gasteiger partial charge in [0.25, 0.3) is 5.91 Å². The molecule has 0 bridgehead atoms. The summed E-state index contributed by atoms with van der Waals surface area (Å²) in [4.78, 5) is 25.9. The molecule has 1 N–H and O–H groups in total. The molecule has 0 spiro atoms. The number of allylic oxidation sites excluding steroid dienone is 2. The monoisotopic (exact) mass is 393 g/mol. The molecule has 1 unspecified atom stereocenters. The second kappa shape index (κ2) is 9.22. The second-order valence-corrected chi connectivity index (χ2v) is 8.15. The lowest BCUT2D eigenvalue weighted by Gasteiger charge is -2.22. The fourth-order valence-electron chi connectivity index (χ4n) is 2.40. The highest BCUT2D eigenvalue weighted by molar-refractivity contribution is 8.26. The molecule has 1 aliphatic heterocycles. The van der Waals surface area contributed by atoms with Crippen molar-refractivity contribution in [2.45, 2.75) is 19.4 Å². The van der Waals surface area contributed by atoms with Gasteiger partial charge in [0, 0.05) is 0 Å². The van der Waals surface area contributed by atoms with Crippen molar-refractivity contribution in [2.75, 3.05) is 12.0 Å². The van der Waals surface area contributed by atoms with Crippen LogP contribution in [0.3, 0.4) is 0 Å². The number of carboxylic acid groups (broad SMARTS) is 1. The highest BCUT2D eigenvalue weighted by Gasteiger charge is 2.40. The smallest absolute Gasteiger partial charge is 0.326 e. The quantitative estimate of drug-likeness (QED) is 0.557. The van der Waals surface area contributed by atoms with Crippen molar-refractivity contribution >= 4 is 58.0 Å². The van der Waals surface area contributed by atoms with Crippen molar-refractivity contribution < 1.29 is 14.7 Å². The summed E-state index contributed by atoms with van der Waals surface area (Å²) in [6.07, 6.45) is 6.00. The van der Waals surface area contributed by atoms with Crippen LogP contribution in [0.1, 0.15) is 18.9 Å². The Hall–Kier alpha value is -1.57. The lowest BCUT2D eigenvalue weighted by Crippen LogP contribution is -2.44. The fourth-order valence-corrected chi connectivity index (χ4v) is 4.27. The summed E-state index contributed by atoms with van der Waals surface area (Å²) in [6, 6.07) is 8.88. The number of hydrogen-bond donors (Lipinski definition) is 1. The van der Waals surface area contributed by atoms with Crippen LogP contribution in [0.25, 0.3) is 6.08 Å². The molecule has 1 fully saturated rings. The van der Waals surface area contributed by atoms with E-state index < -0.39 is 12.0 Å². The largest absolute Gasteiger partial charge is 0.480 e. The van der Waals surface area contributed by atoms with Crippen LogP contribution in [-0.4, -0.2) is 44.3 Å². The van der Waals surface area contributed by atoms with E-state index in [0.29, 0.717) is 21.4 Å². The molecule has 1 aromatic carbocycles. The van der Waals surface area contributed by atoms with Crippen molar-refractivity contribution in [3.8, 4) is 0 Å². The van der Waals surface area contributed by atoms with E-state index in [1.54, 1.807) is 17.8 Å². The van der Waals surface area contributed by atoms with Gasteiger partial charge in [-0.15, -0.1) is 0 Å². The van der Waals surface area contributed by atoms with Crippen LogP contribution in [0.15, 0.2) is 46.9 Å². The molecule has 0 aliphatic carbocycles. The van der Waals surface area contributed by atoms with Crippen LogP contribution in [-0.2, 0) is 9.59 Å². The Kier molecular flexibility index (Phi) is 7.28. The third-order valence-electron chi connectivity index (χ3n) is 3.57. The average molecular weight is 394 g/mol. The van der Waals surface area contributed by atoms with Crippen LogP contribution < -0.4 is 0 Å². The Labute approximate surface area is 161 Å². The number of amides is 1. The SMILES string of the molecule is CSCCC(C(=O)O)N1C(=O)C(=CC(C)=Cc2ccccc2)SC1=S. The Bertz CT molecular complexity index is 728. The first kappa shape index (κ1) is 19.8. The Morgan fingerprint density at radius 3 is 2.68 bits per heavy atom. The minimum Gasteiger partial charge on any atom is -0.480 e. The van der Waals surface area contributed by atoms with Crippen molar-refractivity contribution in [3.63, 3.8) is 0 Å². The van der Waals surface area contributed by atoms with Gasteiger partial charge in [0.15, 0.2) is 0 Å². The summed E-state index contributed by atoms with van der Waals surface area (Å²) in [7, 11) is 0. The van der Waals surface area contributed by atoms with Gasteiger partial charge >= 0.3 is 5.97 Å². The second-order valence-electron chi connectivity index (χ2n) is 5.49. The molecule has 1 aromatic rings. The van der Waals surface area contributed by atoms with E-state index in [4.69, 9.17) is 12.2 Å². The van der Waals surface area contributed by atoms with Crippen molar-refractivity contribution in [2.24, 2.45) is 0 Å². The number of carboxylic acids is 1. The van der Waals surface area contributed by atoms with Gasteiger partial charge in [-0.25, -0.2) is 4.79 Å². The number of nitrogens with zero attached hydrogens (tertiary/aromatic N) is 1. The zero-order chi connectivity index (χ0) is 18.4. The summed E-state index contributed by atoms with van der Waals surface area (Å²) in [5.41, 5.74) is 1.94. The third-order valence-corrected chi connectivity index (χ3v) is 5.54. The van der Waals surface area contributed by atoms with E-state index in [1.165, 1.54) is 4.90 Å². The topological polar surface area (TPSA) is 57.6 Å². The lowest BCUT2D eigenvalue weighted by atomic mass is 10.1. The van der Waals surface area contributed by atoms with Crippen molar-refractivity contribution in [1.29, 1.82) is 0 Å². The van der Waals surface area contributed by atoms with Crippen molar-refractivity contribution in [3.05, 3.63) is 52.4 Å². The first-order chi connectivity index (χ1) is 11.9. The minimum atomic E-state index is -1.02. The molecule has 0 aromatic heterocycles. The third kappa shape index (κ3) is 5.20. The van der Waals surface area contributed by atoms with Gasteiger partial charge in [0.2, 0.25) is 0 Å². The maximum Gasteiger partial charge on any atom is 0.326 e. The molecule has 132 valence electrons. The van der Waals surface area contributed by atoms with E-state index >= 15 is 0 Å². The predicted molar refractivity (Wildman–Crippen MR) is 110 cm³/mol. The standard InChI is InChI=1S/C18H19NO3S3/c1-12(10-13-6-4-3-5-7-13)11-15-16(20)19(18(23)25-15)14(17(21)22)8-9-24-2/h3-7,10-11,14H,8-9H2,1-2H3,(H,21,22). The Morgan fingerprint density at radius 1 is 1.40 bits per heavy atom. The highest BCUT2D eigenvalue weighted by Crippen LogP contribution is 2.34. The number of thiocarbonyl (C=S) groups is 1. The maximum atomic E-state index is 12.7. The number of aliphatic carboxylic acids is 1. The predicted octanol–water partition coefficient (Wildman–Crippen LogP) is 4.04.